The van der Waals surface area contributed by atoms with Crippen molar-refractivity contribution in [3.8, 4) is 0 Å². The number of carbonyl (C=O) groups excluding carboxylic acids is 1. The molecule has 1 amide bonds. The number of morpholine rings is 1. The topological polar surface area (TPSA) is 84.7 Å². The summed E-state index contributed by atoms with van der Waals surface area (Å²) in [5.41, 5.74) is 1.82. The summed E-state index contributed by atoms with van der Waals surface area (Å²) in [4.78, 5) is 19.1. The standard InChI is InChI=1S/C24H29FN4O4S/c1-17(19-6-4-5-7-20(19)25)27(2)24(30)11-10-23-26-21-16-18(8-9-22(21)28(23)3)34(31,32)29-12-14-33-15-13-29/h4-9,16-17H,10-15H2,1-3H3. The molecule has 1 unspecified atom stereocenters. The summed E-state index contributed by atoms with van der Waals surface area (Å²) in [5, 5.41) is 0. The van der Waals surface area contributed by atoms with E-state index in [1.165, 1.54) is 15.3 Å². The van der Waals surface area contributed by atoms with E-state index in [0.29, 0.717) is 49.6 Å². The molecule has 0 radical (unpaired) electrons. The van der Waals surface area contributed by atoms with Gasteiger partial charge in [0.1, 0.15) is 11.6 Å². The number of benzene rings is 2. The second kappa shape index (κ2) is 9.81. The Labute approximate surface area is 199 Å². The molecule has 1 atom stereocenters. The number of rotatable bonds is 7. The van der Waals surface area contributed by atoms with E-state index in [2.05, 4.69) is 4.98 Å². The molecule has 1 saturated heterocycles. The van der Waals surface area contributed by atoms with Crippen LogP contribution >= 0.6 is 0 Å². The van der Waals surface area contributed by atoms with Crippen LogP contribution < -0.4 is 0 Å². The second-order valence-electron chi connectivity index (χ2n) is 8.46. The first-order chi connectivity index (χ1) is 16.2. The molecule has 0 bridgehead atoms. The summed E-state index contributed by atoms with van der Waals surface area (Å²) < 4.78 is 48.6. The van der Waals surface area contributed by atoms with Crippen LogP contribution in [-0.2, 0) is 33.0 Å². The second-order valence-corrected chi connectivity index (χ2v) is 10.4. The lowest BCUT2D eigenvalue weighted by atomic mass is 10.1. The first kappa shape index (κ1) is 24.3. The summed E-state index contributed by atoms with van der Waals surface area (Å²) in [6.07, 6.45) is 0.579. The minimum absolute atomic E-state index is 0.126. The van der Waals surface area contributed by atoms with Gasteiger partial charge in [0.25, 0.3) is 0 Å². The van der Waals surface area contributed by atoms with Gasteiger partial charge in [0.15, 0.2) is 0 Å². The molecule has 1 aliphatic heterocycles. The van der Waals surface area contributed by atoms with Gasteiger partial charge in [-0.2, -0.15) is 4.31 Å². The van der Waals surface area contributed by atoms with Crippen LogP contribution in [0, 0.1) is 5.82 Å². The van der Waals surface area contributed by atoms with Gasteiger partial charge >= 0.3 is 0 Å². The lowest BCUT2D eigenvalue weighted by Crippen LogP contribution is -2.40. The highest BCUT2D eigenvalue weighted by Gasteiger charge is 2.27. The largest absolute Gasteiger partial charge is 0.379 e. The number of aryl methyl sites for hydroxylation is 2. The van der Waals surface area contributed by atoms with Crippen molar-refractivity contribution < 1.29 is 22.3 Å². The third kappa shape index (κ3) is 4.70. The Balaban J connectivity index is 1.49. The molecule has 0 aliphatic carbocycles. The first-order valence-corrected chi connectivity index (χ1v) is 12.7. The van der Waals surface area contributed by atoms with E-state index in [0.717, 1.165) is 5.52 Å². The van der Waals surface area contributed by atoms with Crippen molar-refractivity contribution in [2.24, 2.45) is 7.05 Å². The molecule has 0 spiro atoms. The zero-order chi connectivity index (χ0) is 24.5. The number of carbonyl (C=O) groups is 1. The van der Waals surface area contributed by atoms with E-state index < -0.39 is 16.1 Å². The number of nitrogens with zero attached hydrogens (tertiary/aromatic N) is 4. The number of imidazole rings is 1. The smallest absolute Gasteiger partial charge is 0.243 e. The maximum absolute atomic E-state index is 14.1. The first-order valence-electron chi connectivity index (χ1n) is 11.2. The lowest BCUT2D eigenvalue weighted by molar-refractivity contribution is -0.131. The van der Waals surface area contributed by atoms with Crippen LogP contribution in [0.3, 0.4) is 0 Å². The van der Waals surface area contributed by atoms with Gasteiger partial charge < -0.3 is 14.2 Å². The van der Waals surface area contributed by atoms with Gasteiger partial charge in [-0.05, 0) is 31.2 Å². The van der Waals surface area contributed by atoms with E-state index >= 15 is 0 Å². The summed E-state index contributed by atoms with van der Waals surface area (Å²) in [5.74, 6) is 0.211. The monoisotopic (exact) mass is 488 g/mol. The van der Waals surface area contributed by atoms with Crippen molar-refractivity contribution in [3.63, 3.8) is 0 Å². The molecule has 1 aromatic heterocycles. The van der Waals surface area contributed by atoms with Crippen LogP contribution in [0.1, 0.15) is 30.8 Å². The fourth-order valence-corrected chi connectivity index (χ4v) is 5.61. The third-order valence-corrected chi connectivity index (χ3v) is 8.34. The highest BCUT2D eigenvalue weighted by Crippen LogP contribution is 2.25. The van der Waals surface area contributed by atoms with Crippen molar-refractivity contribution in [2.75, 3.05) is 33.4 Å². The molecule has 1 aliphatic rings. The van der Waals surface area contributed by atoms with E-state index in [-0.39, 0.29) is 23.0 Å². The zero-order valence-electron chi connectivity index (χ0n) is 19.6. The number of ether oxygens (including phenoxy) is 1. The SMILES string of the molecule is CC(c1ccccc1F)N(C)C(=O)CCc1nc2cc(S(=O)(=O)N3CCOCC3)ccc2n1C. The molecule has 1 fully saturated rings. The Kier molecular flexibility index (Phi) is 7.01. The van der Waals surface area contributed by atoms with Gasteiger partial charge in [-0.25, -0.2) is 17.8 Å². The fraction of sp³-hybridized carbons (Fsp3) is 0.417. The number of aromatic nitrogens is 2. The van der Waals surface area contributed by atoms with Gasteiger partial charge in [0.05, 0.1) is 35.2 Å². The van der Waals surface area contributed by atoms with Crippen molar-refractivity contribution in [3.05, 3.63) is 59.7 Å². The highest BCUT2D eigenvalue weighted by molar-refractivity contribution is 7.89. The minimum atomic E-state index is -3.62. The number of fused-ring (bicyclic) bond motifs is 1. The number of hydrogen-bond donors (Lipinski definition) is 0. The molecule has 34 heavy (non-hydrogen) atoms. The summed E-state index contributed by atoms with van der Waals surface area (Å²) in [6.45, 7) is 3.21. The Hall–Kier alpha value is -2.82. The molecular formula is C24H29FN4O4S. The molecule has 0 N–H and O–H groups in total. The van der Waals surface area contributed by atoms with E-state index in [1.54, 1.807) is 50.4 Å². The maximum Gasteiger partial charge on any atom is 0.243 e. The van der Waals surface area contributed by atoms with Crippen LogP contribution in [0.5, 0.6) is 0 Å². The fourth-order valence-electron chi connectivity index (χ4n) is 4.18. The molecule has 2 heterocycles. The van der Waals surface area contributed by atoms with Crippen LogP contribution in [-0.4, -0.2) is 66.4 Å². The zero-order valence-corrected chi connectivity index (χ0v) is 20.4. The molecule has 8 nitrogen and oxygen atoms in total. The average Bonchev–Trinajstić information content (AvgIpc) is 3.17. The maximum atomic E-state index is 14.1. The van der Waals surface area contributed by atoms with Crippen molar-refractivity contribution in [2.45, 2.75) is 30.7 Å². The predicted octanol–water partition coefficient (Wildman–Crippen LogP) is 2.89. The summed E-state index contributed by atoms with van der Waals surface area (Å²) in [6, 6.07) is 11.0. The van der Waals surface area contributed by atoms with Gasteiger partial charge in [-0.3, -0.25) is 4.79 Å². The Morgan fingerprint density at radius 1 is 1.21 bits per heavy atom. The van der Waals surface area contributed by atoms with Crippen LogP contribution in [0.2, 0.25) is 0 Å². The van der Waals surface area contributed by atoms with E-state index in [4.69, 9.17) is 4.74 Å². The van der Waals surface area contributed by atoms with Gasteiger partial charge in [0, 0.05) is 45.6 Å². The average molecular weight is 489 g/mol. The summed E-state index contributed by atoms with van der Waals surface area (Å²) in [7, 11) is -0.113. The van der Waals surface area contributed by atoms with Crippen molar-refractivity contribution in [1.82, 2.24) is 18.8 Å². The van der Waals surface area contributed by atoms with Crippen molar-refractivity contribution >= 4 is 27.0 Å². The van der Waals surface area contributed by atoms with Gasteiger partial charge in [-0.15, -0.1) is 0 Å². The minimum Gasteiger partial charge on any atom is -0.379 e. The Morgan fingerprint density at radius 3 is 2.62 bits per heavy atom. The number of amides is 1. The molecule has 3 aromatic rings. The van der Waals surface area contributed by atoms with Gasteiger partial charge in [-0.1, -0.05) is 18.2 Å². The lowest BCUT2D eigenvalue weighted by Gasteiger charge is -2.26. The van der Waals surface area contributed by atoms with E-state index in [9.17, 15) is 17.6 Å². The highest BCUT2D eigenvalue weighted by atomic mass is 32.2. The number of sulfonamides is 1. The molecule has 10 heteroatoms. The Bertz CT molecular complexity index is 1300. The van der Waals surface area contributed by atoms with Crippen LogP contribution in [0.4, 0.5) is 4.39 Å². The third-order valence-electron chi connectivity index (χ3n) is 6.44. The van der Waals surface area contributed by atoms with Crippen LogP contribution in [0.15, 0.2) is 47.4 Å². The normalized spacial score (nSPS) is 16.0. The predicted molar refractivity (Wildman–Crippen MR) is 126 cm³/mol. The molecule has 0 saturated carbocycles. The molecule has 4 rings (SSSR count). The van der Waals surface area contributed by atoms with Crippen LogP contribution in [0.25, 0.3) is 11.0 Å². The Morgan fingerprint density at radius 2 is 1.91 bits per heavy atom. The molecule has 2 aromatic carbocycles. The quantitative estimate of drug-likeness (QED) is 0.511. The number of halogens is 1. The molecule has 182 valence electrons. The molecular weight excluding hydrogens is 459 g/mol. The number of hydrogen-bond acceptors (Lipinski definition) is 5. The summed E-state index contributed by atoms with van der Waals surface area (Å²) >= 11 is 0. The van der Waals surface area contributed by atoms with Gasteiger partial charge in [0.2, 0.25) is 15.9 Å². The van der Waals surface area contributed by atoms with E-state index in [1.807, 2.05) is 11.6 Å². The van der Waals surface area contributed by atoms with Crippen molar-refractivity contribution in [1.29, 1.82) is 0 Å².